The molecule has 3 aromatic rings. The Hall–Kier alpha value is -4.42. The SMILES string of the molecule is O=C(CN1C(=O)S/C(=C/c2ccc(-c3cc(C(=O)O)cc(C(=O)O)c3)o2)C1=O)Nc1ccc(F)c(Cl)c1. The van der Waals surface area contributed by atoms with E-state index in [9.17, 15) is 38.6 Å². The van der Waals surface area contributed by atoms with Gasteiger partial charge in [-0.15, -0.1) is 0 Å². The minimum atomic E-state index is -1.32. The molecule has 1 aromatic heterocycles. The van der Waals surface area contributed by atoms with Gasteiger partial charge in [0.05, 0.1) is 21.1 Å². The van der Waals surface area contributed by atoms with Crippen molar-refractivity contribution in [2.45, 2.75) is 0 Å². The zero-order valence-corrected chi connectivity index (χ0v) is 19.9. The number of nitrogens with one attached hydrogen (secondary N) is 1. The van der Waals surface area contributed by atoms with Crippen LogP contribution in [-0.4, -0.2) is 50.6 Å². The maximum Gasteiger partial charge on any atom is 0.335 e. The van der Waals surface area contributed by atoms with Gasteiger partial charge in [0.25, 0.3) is 11.1 Å². The smallest absolute Gasteiger partial charge is 0.335 e. The first-order chi connectivity index (χ1) is 17.5. The van der Waals surface area contributed by atoms with E-state index in [0.29, 0.717) is 11.8 Å². The lowest BCUT2D eigenvalue weighted by Crippen LogP contribution is -2.36. The van der Waals surface area contributed by atoms with Crippen LogP contribution in [0, 0.1) is 5.82 Å². The summed E-state index contributed by atoms with van der Waals surface area (Å²) in [5, 5.41) is 20.0. The lowest BCUT2D eigenvalue weighted by molar-refractivity contribution is -0.127. The number of carbonyl (C=O) groups excluding carboxylic acids is 3. The minimum Gasteiger partial charge on any atom is -0.478 e. The molecule has 37 heavy (non-hydrogen) atoms. The number of nitrogens with zero attached hydrogens (tertiary/aromatic N) is 1. The second-order valence-corrected chi connectivity index (χ2v) is 8.96. The van der Waals surface area contributed by atoms with E-state index in [1.807, 2.05) is 0 Å². The van der Waals surface area contributed by atoms with Crippen molar-refractivity contribution >= 4 is 64.1 Å². The predicted molar refractivity (Wildman–Crippen MR) is 131 cm³/mol. The van der Waals surface area contributed by atoms with Gasteiger partial charge in [0.2, 0.25) is 5.91 Å². The molecule has 0 unspecified atom stereocenters. The Morgan fingerprint density at radius 2 is 1.70 bits per heavy atom. The average Bonchev–Trinajstić information content (AvgIpc) is 3.41. The highest BCUT2D eigenvalue weighted by molar-refractivity contribution is 8.18. The molecule has 3 N–H and O–H groups in total. The van der Waals surface area contributed by atoms with E-state index >= 15 is 0 Å². The van der Waals surface area contributed by atoms with E-state index in [-0.39, 0.29) is 43.8 Å². The van der Waals surface area contributed by atoms with E-state index in [2.05, 4.69) is 5.32 Å². The van der Waals surface area contributed by atoms with Gasteiger partial charge >= 0.3 is 11.9 Å². The van der Waals surface area contributed by atoms with Crippen molar-refractivity contribution in [3.63, 3.8) is 0 Å². The highest BCUT2D eigenvalue weighted by Gasteiger charge is 2.36. The molecule has 1 aliphatic heterocycles. The highest BCUT2D eigenvalue weighted by Crippen LogP contribution is 2.33. The van der Waals surface area contributed by atoms with Crippen molar-refractivity contribution in [3.8, 4) is 11.3 Å². The first kappa shape index (κ1) is 25.7. The molecule has 0 spiro atoms. The molecule has 4 rings (SSSR count). The molecule has 1 fully saturated rings. The fourth-order valence-corrected chi connectivity index (χ4v) is 4.28. The fourth-order valence-electron chi connectivity index (χ4n) is 3.29. The molecule has 10 nitrogen and oxygen atoms in total. The predicted octanol–water partition coefficient (Wildman–Crippen LogP) is 4.81. The largest absolute Gasteiger partial charge is 0.478 e. The number of amides is 3. The van der Waals surface area contributed by atoms with E-state index < -0.39 is 41.4 Å². The van der Waals surface area contributed by atoms with Gasteiger partial charge < -0.3 is 19.9 Å². The number of hydrogen-bond acceptors (Lipinski definition) is 7. The van der Waals surface area contributed by atoms with Crippen LogP contribution in [0.5, 0.6) is 0 Å². The number of thioether (sulfide) groups is 1. The van der Waals surface area contributed by atoms with Crippen LogP contribution >= 0.6 is 23.4 Å². The third kappa shape index (κ3) is 5.71. The van der Waals surface area contributed by atoms with Crippen molar-refractivity contribution in [1.29, 1.82) is 0 Å². The third-order valence-corrected chi connectivity index (χ3v) is 6.19. The molecule has 2 heterocycles. The van der Waals surface area contributed by atoms with Gasteiger partial charge in [0.15, 0.2) is 0 Å². The van der Waals surface area contributed by atoms with Crippen molar-refractivity contribution < 1.29 is 43.0 Å². The van der Waals surface area contributed by atoms with Gasteiger partial charge in [-0.25, -0.2) is 14.0 Å². The Bertz CT molecular complexity index is 1480. The molecular weight excluding hydrogens is 531 g/mol. The molecule has 0 atom stereocenters. The lowest BCUT2D eigenvalue weighted by Gasteiger charge is -2.12. The molecule has 2 aromatic carbocycles. The molecule has 188 valence electrons. The number of furan rings is 1. The molecule has 13 heteroatoms. The number of halogens is 2. The van der Waals surface area contributed by atoms with Gasteiger partial charge in [0.1, 0.15) is 23.9 Å². The number of aromatic carboxylic acids is 2. The number of hydrogen-bond donors (Lipinski definition) is 3. The lowest BCUT2D eigenvalue weighted by atomic mass is 10.0. The van der Waals surface area contributed by atoms with Gasteiger partial charge in [-0.3, -0.25) is 19.3 Å². The molecule has 0 aliphatic carbocycles. The monoisotopic (exact) mass is 544 g/mol. The van der Waals surface area contributed by atoms with Crippen molar-refractivity contribution in [3.05, 3.63) is 81.2 Å². The van der Waals surface area contributed by atoms with Gasteiger partial charge in [-0.1, -0.05) is 11.6 Å². The topological polar surface area (TPSA) is 154 Å². The standard InChI is InChI=1S/C24H14ClFN2O8S/c25-16-8-14(1-3-17(16)26)27-20(29)10-28-21(30)19(37-24(28)35)9-15-2-4-18(36-15)11-5-12(22(31)32)7-13(6-11)23(33)34/h1-9H,10H2,(H,27,29)(H,31,32)(H,33,34)/b19-9+. The second-order valence-electron chi connectivity index (χ2n) is 7.56. The number of rotatable bonds is 7. The van der Waals surface area contributed by atoms with Crippen LogP contribution in [0.2, 0.25) is 5.02 Å². The zero-order chi connectivity index (χ0) is 26.9. The molecule has 1 saturated heterocycles. The van der Waals surface area contributed by atoms with Gasteiger partial charge in [-0.2, -0.15) is 0 Å². The summed E-state index contributed by atoms with van der Waals surface area (Å²) in [5.74, 6) is -4.52. The van der Waals surface area contributed by atoms with Crippen LogP contribution in [0.15, 0.2) is 57.9 Å². The maximum absolute atomic E-state index is 13.3. The van der Waals surface area contributed by atoms with Crippen LogP contribution < -0.4 is 5.32 Å². The second kappa shape index (κ2) is 10.3. The van der Waals surface area contributed by atoms with Gasteiger partial charge in [0, 0.05) is 17.3 Å². The summed E-state index contributed by atoms with van der Waals surface area (Å²) >= 11 is 6.26. The maximum atomic E-state index is 13.3. The number of anilines is 1. The summed E-state index contributed by atoms with van der Waals surface area (Å²) in [5.41, 5.74) is -0.145. The summed E-state index contributed by atoms with van der Waals surface area (Å²) in [4.78, 5) is 60.7. The van der Waals surface area contributed by atoms with Gasteiger partial charge in [-0.05, 0) is 60.3 Å². The molecule has 0 bridgehead atoms. The van der Waals surface area contributed by atoms with Crippen LogP contribution in [0.3, 0.4) is 0 Å². The third-order valence-electron chi connectivity index (χ3n) is 4.99. The Morgan fingerprint density at radius 3 is 2.32 bits per heavy atom. The van der Waals surface area contributed by atoms with E-state index in [4.69, 9.17) is 16.0 Å². The molecule has 0 saturated carbocycles. The fraction of sp³-hybridized carbons (Fsp3) is 0.0417. The quantitative estimate of drug-likeness (QED) is 0.355. The summed E-state index contributed by atoms with van der Waals surface area (Å²) < 4.78 is 18.9. The minimum absolute atomic E-state index is 0.0333. The van der Waals surface area contributed by atoms with Crippen LogP contribution in [0.1, 0.15) is 26.5 Å². The highest BCUT2D eigenvalue weighted by atomic mass is 35.5. The zero-order valence-electron chi connectivity index (χ0n) is 18.4. The number of carbonyl (C=O) groups is 5. The summed E-state index contributed by atoms with van der Waals surface area (Å²) in [6, 6.07) is 9.88. The van der Waals surface area contributed by atoms with Crippen LogP contribution in [0.25, 0.3) is 17.4 Å². The Labute approximate surface area is 216 Å². The number of carboxylic acid groups (broad SMARTS) is 2. The summed E-state index contributed by atoms with van der Waals surface area (Å²) in [6.45, 7) is -0.597. The molecule has 0 radical (unpaired) electrons. The molecule has 3 amide bonds. The van der Waals surface area contributed by atoms with Crippen molar-refractivity contribution in [2.24, 2.45) is 0 Å². The average molecular weight is 545 g/mol. The summed E-state index contributed by atoms with van der Waals surface area (Å²) in [7, 11) is 0. The molecule has 1 aliphatic rings. The Kier molecular flexibility index (Phi) is 7.14. The molecular formula is C24H14ClFN2O8S. The summed E-state index contributed by atoms with van der Waals surface area (Å²) in [6.07, 6.45) is 1.27. The van der Waals surface area contributed by atoms with Crippen molar-refractivity contribution in [1.82, 2.24) is 4.90 Å². The number of imide groups is 1. The van der Waals surface area contributed by atoms with E-state index in [0.717, 1.165) is 17.0 Å². The normalized spacial score (nSPS) is 14.3. The first-order valence-electron chi connectivity index (χ1n) is 10.2. The van der Waals surface area contributed by atoms with E-state index in [1.54, 1.807) is 0 Å². The Morgan fingerprint density at radius 1 is 1.03 bits per heavy atom. The van der Waals surface area contributed by atoms with E-state index in [1.165, 1.54) is 42.5 Å². The number of benzene rings is 2. The number of carboxylic acids is 2. The van der Waals surface area contributed by atoms with Crippen molar-refractivity contribution in [2.75, 3.05) is 11.9 Å². The van der Waals surface area contributed by atoms with Crippen LogP contribution in [-0.2, 0) is 9.59 Å². The Balaban J connectivity index is 1.50. The van der Waals surface area contributed by atoms with Crippen LogP contribution in [0.4, 0.5) is 14.9 Å². The first-order valence-corrected chi connectivity index (χ1v) is 11.4.